The molecular formula is C18H21FN6S. The maximum Gasteiger partial charge on any atom is 0.174 e. The summed E-state index contributed by atoms with van der Waals surface area (Å²) in [5, 5.41) is 14.6. The lowest BCUT2D eigenvalue weighted by Gasteiger charge is -2.36. The maximum atomic E-state index is 13.2. The largest absolute Gasteiger partial charge is 0.304 e. The van der Waals surface area contributed by atoms with Gasteiger partial charge in [0.1, 0.15) is 11.9 Å². The first-order chi connectivity index (χ1) is 12.7. The van der Waals surface area contributed by atoms with Crippen molar-refractivity contribution in [3.63, 3.8) is 0 Å². The fourth-order valence-corrected chi connectivity index (χ4v) is 4.14. The monoisotopic (exact) mass is 372 g/mol. The molecule has 1 aliphatic heterocycles. The minimum absolute atomic E-state index is 0.0409. The zero-order valence-electron chi connectivity index (χ0n) is 14.6. The molecule has 0 amide bonds. The predicted molar refractivity (Wildman–Crippen MR) is 98.6 cm³/mol. The Morgan fingerprint density at radius 3 is 2.58 bits per heavy atom. The lowest BCUT2D eigenvalue weighted by Crippen LogP contribution is -2.46. The molecule has 26 heavy (non-hydrogen) atoms. The molecular weight excluding hydrogens is 351 g/mol. The van der Waals surface area contributed by atoms with Gasteiger partial charge >= 0.3 is 0 Å². The van der Waals surface area contributed by atoms with E-state index in [-0.39, 0.29) is 11.9 Å². The van der Waals surface area contributed by atoms with E-state index < -0.39 is 0 Å². The van der Waals surface area contributed by atoms with Crippen LogP contribution in [0.25, 0.3) is 0 Å². The highest BCUT2D eigenvalue weighted by Gasteiger charge is 2.30. The van der Waals surface area contributed by atoms with E-state index in [0.717, 1.165) is 37.6 Å². The molecule has 6 nitrogen and oxygen atoms in total. The Bertz CT molecular complexity index is 824. The molecule has 2 aromatic heterocycles. The van der Waals surface area contributed by atoms with Gasteiger partial charge in [0.25, 0.3) is 0 Å². The van der Waals surface area contributed by atoms with Crippen molar-refractivity contribution < 1.29 is 4.39 Å². The van der Waals surface area contributed by atoms with Gasteiger partial charge in [-0.15, -0.1) is 16.4 Å². The molecule has 0 aliphatic carbocycles. The Morgan fingerprint density at radius 2 is 1.88 bits per heavy atom. The predicted octanol–water partition coefficient (Wildman–Crippen LogP) is 2.26. The summed E-state index contributed by atoms with van der Waals surface area (Å²) in [7, 11) is 2.15. The van der Waals surface area contributed by atoms with Crippen LogP contribution in [0.5, 0.6) is 0 Å². The molecule has 3 heterocycles. The fraction of sp³-hybridized carbons (Fsp3) is 0.389. The van der Waals surface area contributed by atoms with Gasteiger partial charge in [0, 0.05) is 31.1 Å². The summed E-state index contributed by atoms with van der Waals surface area (Å²) >= 11 is 1.73. The van der Waals surface area contributed by atoms with Crippen molar-refractivity contribution in [2.24, 2.45) is 0 Å². The number of halogens is 1. The third-order valence-corrected chi connectivity index (χ3v) is 5.69. The molecule has 1 fully saturated rings. The SMILES string of the molecule is CN1CCN([C@@H](c2cccs2)c2nnnn2Cc2ccc(F)cc2)CC1. The van der Waals surface area contributed by atoms with E-state index in [1.165, 1.54) is 17.0 Å². The second-order valence-corrected chi connectivity index (χ2v) is 7.56. The third-order valence-electron chi connectivity index (χ3n) is 4.77. The lowest BCUT2D eigenvalue weighted by molar-refractivity contribution is 0.123. The molecule has 0 radical (unpaired) electrons. The molecule has 0 N–H and O–H groups in total. The van der Waals surface area contributed by atoms with Gasteiger partial charge in [-0.2, -0.15) is 0 Å². The Morgan fingerprint density at radius 1 is 1.12 bits per heavy atom. The molecule has 136 valence electrons. The Balaban J connectivity index is 1.64. The molecule has 1 atom stereocenters. The van der Waals surface area contributed by atoms with E-state index in [0.29, 0.717) is 6.54 Å². The van der Waals surface area contributed by atoms with Gasteiger partial charge in [-0.05, 0) is 46.6 Å². The summed E-state index contributed by atoms with van der Waals surface area (Å²) in [6, 6.07) is 10.7. The summed E-state index contributed by atoms with van der Waals surface area (Å²) in [6.07, 6.45) is 0. The molecule has 8 heteroatoms. The number of hydrogen-bond acceptors (Lipinski definition) is 6. The molecule has 0 spiro atoms. The molecule has 0 saturated carbocycles. The van der Waals surface area contributed by atoms with Crippen LogP contribution in [0.4, 0.5) is 4.39 Å². The van der Waals surface area contributed by atoms with Crippen molar-refractivity contribution in [3.8, 4) is 0 Å². The first-order valence-electron chi connectivity index (χ1n) is 8.67. The highest BCUT2D eigenvalue weighted by Crippen LogP contribution is 2.31. The molecule has 3 aromatic rings. The van der Waals surface area contributed by atoms with Crippen LogP contribution in [0.2, 0.25) is 0 Å². The number of hydrogen-bond donors (Lipinski definition) is 0. The van der Waals surface area contributed by atoms with E-state index in [4.69, 9.17) is 0 Å². The average molecular weight is 372 g/mol. The standard InChI is InChI=1S/C18H21FN6S/c1-23-8-10-24(11-9-23)17(16-3-2-12-26-16)18-20-21-22-25(18)13-14-4-6-15(19)7-5-14/h2-7,12,17H,8-11,13H2,1H3/t17-/m0/s1. The van der Waals surface area contributed by atoms with Crippen molar-refractivity contribution >= 4 is 11.3 Å². The van der Waals surface area contributed by atoms with E-state index in [1.54, 1.807) is 23.5 Å². The van der Waals surface area contributed by atoms with E-state index in [2.05, 4.69) is 49.9 Å². The van der Waals surface area contributed by atoms with Crippen LogP contribution in [0, 0.1) is 5.82 Å². The summed E-state index contributed by atoms with van der Waals surface area (Å²) in [6.45, 7) is 4.53. The number of tetrazole rings is 1. The van der Waals surface area contributed by atoms with Crippen LogP contribution in [-0.4, -0.2) is 63.2 Å². The first-order valence-corrected chi connectivity index (χ1v) is 9.55. The van der Waals surface area contributed by atoms with Crippen molar-refractivity contribution in [1.82, 2.24) is 30.0 Å². The fourth-order valence-electron chi connectivity index (χ4n) is 3.28. The van der Waals surface area contributed by atoms with Crippen LogP contribution >= 0.6 is 11.3 Å². The highest BCUT2D eigenvalue weighted by atomic mass is 32.1. The van der Waals surface area contributed by atoms with E-state index in [1.807, 2.05) is 4.68 Å². The number of benzene rings is 1. The summed E-state index contributed by atoms with van der Waals surface area (Å²) in [5.41, 5.74) is 0.975. The van der Waals surface area contributed by atoms with Gasteiger partial charge in [-0.1, -0.05) is 18.2 Å². The molecule has 0 bridgehead atoms. The van der Waals surface area contributed by atoms with Gasteiger partial charge in [-0.3, -0.25) is 4.90 Å². The number of likely N-dealkylation sites (N-methyl/N-ethyl adjacent to an activating group) is 1. The van der Waals surface area contributed by atoms with Crippen molar-refractivity contribution in [3.05, 3.63) is 63.9 Å². The topological polar surface area (TPSA) is 50.1 Å². The van der Waals surface area contributed by atoms with Gasteiger partial charge in [0.05, 0.1) is 6.54 Å². The summed E-state index contributed by atoms with van der Waals surface area (Å²) in [4.78, 5) is 6.02. The van der Waals surface area contributed by atoms with Crippen LogP contribution in [0.1, 0.15) is 22.3 Å². The van der Waals surface area contributed by atoms with Gasteiger partial charge in [0.15, 0.2) is 5.82 Å². The lowest BCUT2D eigenvalue weighted by atomic mass is 10.1. The second-order valence-electron chi connectivity index (χ2n) is 6.58. The number of nitrogens with zero attached hydrogens (tertiary/aromatic N) is 6. The zero-order valence-corrected chi connectivity index (χ0v) is 15.4. The molecule has 1 aliphatic rings. The number of aromatic nitrogens is 4. The van der Waals surface area contributed by atoms with Crippen LogP contribution in [0.3, 0.4) is 0 Å². The van der Waals surface area contributed by atoms with Crippen LogP contribution < -0.4 is 0 Å². The highest BCUT2D eigenvalue weighted by molar-refractivity contribution is 7.10. The van der Waals surface area contributed by atoms with Crippen molar-refractivity contribution in [2.45, 2.75) is 12.6 Å². The van der Waals surface area contributed by atoms with E-state index in [9.17, 15) is 4.39 Å². The normalized spacial score (nSPS) is 17.5. The van der Waals surface area contributed by atoms with Gasteiger partial charge in [0.2, 0.25) is 0 Å². The minimum Gasteiger partial charge on any atom is -0.304 e. The molecule has 1 saturated heterocycles. The molecule has 4 rings (SSSR count). The molecule has 0 unspecified atom stereocenters. The van der Waals surface area contributed by atoms with Crippen LogP contribution in [0.15, 0.2) is 41.8 Å². The first kappa shape index (κ1) is 17.3. The van der Waals surface area contributed by atoms with Crippen molar-refractivity contribution in [2.75, 3.05) is 33.2 Å². The second kappa shape index (κ2) is 7.61. The number of rotatable bonds is 5. The summed E-state index contributed by atoms with van der Waals surface area (Å²) < 4.78 is 15.0. The van der Waals surface area contributed by atoms with Gasteiger partial charge < -0.3 is 4.90 Å². The third kappa shape index (κ3) is 3.67. The number of thiophene rings is 1. The Labute approximate surface area is 155 Å². The quantitative estimate of drug-likeness (QED) is 0.688. The minimum atomic E-state index is -0.236. The zero-order chi connectivity index (χ0) is 17.9. The smallest absolute Gasteiger partial charge is 0.174 e. The maximum absolute atomic E-state index is 13.2. The Kier molecular flexibility index (Phi) is 5.05. The van der Waals surface area contributed by atoms with Gasteiger partial charge in [-0.25, -0.2) is 9.07 Å². The van der Waals surface area contributed by atoms with E-state index >= 15 is 0 Å². The average Bonchev–Trinajstić information content (AvgIpc) is 3.32. The molecule has 1 aromatic carbocycles. The summed E-state index contributed by atoms with van der Waals surface area (Å²) in [5.74, 6) is 0.598. The number of piperazine rings is 1. The van der Waals surface area contributed by atoms with Crippen LogP contribution in [-0.2, 0) is 6.54 Å². The Hall–Kier alpha value is -2.16. The van der Waals surface area contributed by atoms with Crippen molar-refractivity contribution in [1.29, 1.82) is 0 Å².